The number of amides is 2. The van der Waals surface area contributed by atoms with Crippen LogP contribution in [-0.4, -0.2) is 57.7 Å². The van der Waals surface area contributed by atoms with Crippen molar-refractivity contribution in [2.75, 3.05) is 26.2 Å². The molecule has 0 radical (unpaired) electrons. The number of nitro groups is 1. The SMILES string of the molecule is CC(C)c1ccc(Sc2ccc(/C=C/C(=O)N3CCN(C(=O)c4ccccn4)CC3)cc2[N+](=O)[O-])cc1. The van der Waals surface area contributed by atoms with E-state index < -0.39 is 4.92 Å². The van der Waals surface area contributed by atoms with Gasteiger partial charge in [0.05, 0.1) is 9.82 Å². The van der Waals surface area contributed by atoms with Crippen LogP contribution in [0.15, 0.2) is 82.7 Å². The predicted octanol–water partition coefficient (Wildman–Crippen LogP) is 5.26. The highest BCUT2D eigenvalue weighted by molar-refractivity contribution is 7.99. The van der Waals surface area contributed by atoms with Gasteiger partial charge in [0.25, 0.3) is 11.6 Å². The Morgan fingerprint density at radius 3 is 2.32 bits per heavy atom. The molecule has 190 valence electrons. The maximum absolute atomic E-state index is 12.7. The van der Waals surface area contributed by atoms with Crippen LogP contribution < -0.4 is 0 Å². The summed E-state index contributed by atoms with van der Waals surface area (Å²) >= 11 is 1.34. The molecule has 9 heteroatoms. The molecular formula is C28H28N4O4S. The average Bonchev–Trinajstić information content (AvgIpc) is 2.92. The highest BCUT2D eigenvalue weighted by Gasteiger charge is 2.24. The predicted molar refractivity (Wildman–Crippen MR) is 144 cm³/mol. The lowest BCUT2D eigenvalue weighted by atomic mass is 10.0. The Kier molecular flexibility index (Phi) is 8.35. The highest BCUT2D eigenvalue weighted by atomic mass is 32.2. The maximum atomic E-state index is 12.7. The van der Waals surface area contributed by atoms with Crippen LogP contribution in [0.25, 0.3) is 6.08 Å². The Labute approximate surface area is 220 Å². The van der Waals surface area contributed by atoms with E-state index in [9.17, 15) is 19.7 Å². The average molecular weight is 517 g/mol. The molecule has 0 unspecified atom stereocenters. The van der Waals surface area contributed by atoms with E-state index in [1.54, 1.807) is 52.4 Å². The van der Waals surface area contributed by atoms with Gasteiger partial charge >= 0.3 is 0 Å². The summed E-state index contributed by atoms with van der Waals surface area (Å²) in [7, 11) is 0. The summed E-state index contributed by atoms with van der Waals surface area (Å²) in [6, 6.07) is 18.2. The number of hydrogen-bond acceptors (Lipinski definition) is 6. The van der Waals surface area contributed by atoms with Crippen molar-refractivity contribution in [2.45, 2.75) is 29.6 Å². The van der Waals surface area contributed by atoms with Crippen LogP contribution in [0.5, 0.6) is 0 Å². The zero-order valence-electron chi connectivity index (χ0n) is 20.7. The van der Waals surface area contributed by atoms with E-state index >= 15 is 0 Å². The molecule has 2 heterocycles. The van der Waals surface area contributed by atoms with Gasteiger partial charge in [0.2, 0.25) is 5.91 Å². The first-order chi connectivity index (χ1) is 17.8. The zero-order valence-corrected chi connectivity index (χ0v) is 21.6. The molecule has 8 nitrogen and oxygen atoms in total. The fourth-order valence-electron chi connectivity index (χ4n) is 3.97. The van der Waals surface area contributed by atoms with E-state index in [4.69, 9.17) is 0 Å². The van der Waals surface area contributed by atoms with Crippen molar-refractivity contribution >= 4 is 35.3 Å². The number of pyridine rings is 1. The molecule has 0 atom stereocenters. The standard InChI is InChI=1S/C28H28N4O4S/c1-20(2)22-8-10-23(11-9-22)37-26-12-6-21(19-25(26)32(35)36)7-13-27(33)30-15-17-31(18-16-30)28(34)24-5-3-4-14-29-24/h3-14,19-20H,15-18H2,1-2H3/b13-7+. The van der Waals surface area contributed by atoms with Crippen LogP contribution in [0.2, 0.25) is 0 Å². The third kappa shape index (κ3) is 6.62. The maximum Gasteiger partial charge on any atom is 0.283 e. The first-order valence-corrected chi connectivity index (χ1v) is 12.9. The van der Waals surface area contributed by atoms with Gasteiger partial charge in [-0.1, -0.05) is 49.9 Å². The van der Waals surface area contributed by atoms with Gasteiger partial charge in [-0.05, 0) is 53.5 Å². The molecule has 4 rings (SSSR count). The minimum absolute atomic E-state index is 0.00539. The van der Waals surface area contributed by atoms with Crippen molar-refractivity contribution in [2.24, 2.45) is 0 Å². The molecule has 0 spiro atoms. The molecule has 1 aromatic heterocycles. The highest BCUT2D eigenvalue weighted by Crippen LogP contribution is 2.36. The molecule has 3 aromatic rings. The van der Waals surface area contributed by atoms with Gasteiger partial charge in [-0.3, -0.25) is 24.7 Å². The van der Waals surface area contributed by atoms with Crippen LogP contribution >= 0.6 is 11.8 Å². The van der Waals surface area contributed by atoms with Crippen LogP contribution in [-0.2, 0) is 4.79 Å². The molecule has 0 saturated carbocycles. The summed E-state index contributed by atoms with van der Waals surface area (Å²) in [6.45, 7) is 5.90. The second kappa shape index (κ2) is 11.8. The topological polar surface area (TPSA) is 96.7 Å². The Morgan fingerprint density at radius 1 is 1.00 bits per heavy atom. The van der Waals surface area contributed by atoms with Gasteiger partial charge in [0, 0.05) is 49.4 Å². The van der Waals surface area contributed by atoms with Crippen molar-refractivity contribution in [3.63, 3.8) is 0 Å². The van der Waals surface area contributed by atoms with E-state index in [0.29, 0.717) is 48.2 Å². The van der Waals surface area contributed by atoms with E-state index in [1.807, 2.05) is 24.3 Å². The minimum atomic E-state index is -0.401. The number of benzene rings is 2. The molecule has 0 N–H and O–H groups in total. The van der Waals surface area contributed by atoms with E-state index in [-0.39, 0.29) is 17.5 Å². The molecule has 1 aliphatic rings. The fraction of sp³-hybridized carbons (Fsp3) is 0.250. The summed E-state index contributed by atoms with van der Waals surface area (Å²) in [6.07, 6.45) is 4.59. The quantitative estimate of drug-likeness (QED) is 0.241. The van der Waals surface area contributed by atoms with Crippen LogP contribution in [0.1, 0.15) is 41.4 Å². The summed E-state index contributed by atoms with van der Waals surface area (Å²) in [4.78, 5) is 45.5. The molecule has 2 amide bonds. The van der Waals surface area contributed by atoms with Gasteiger partial charge in [0.1, 0.15) is 5.69 Å². The number of carbonyl (C=O) groups is 2. The second-order valence-corrected chi connectivity index (χ2v) is 10.1. The lowest BCUT2D eigenvalue weighted by Crippen LogP contribution is -2.50. The Morgan fingerprint density at radius 2 is 1.70 bits per heavy atom. The third-order valence-electron chi connectivity index (χ3n) is 6.14. The number of carbonyl (C=O) groups excluding carboxylic acids is 2. The lowest BCUT2D eigenvalue weighted by Gasteiger charge is -2.34. The number of aromatic nitrogens is 1. The van der Waals surface area contributed by atoms with Crippen LogP contribution in [0, 0.1) is 10.1 Å². The molecule has 1 fully saturated rings. The normalized spacial score (nSPS) is 13.8. The van der Waals surface area contributed by atoms with E-state index in [2.05, 4.69) is 18.8 Å². The van der Waals surface area contributed by atoms with Crippen molar-refractivity contribution in [3.05, 3.63) is 99.9 Å². The lowest BCUT2D eigenvalue weighted by molar-refractivity contribution is -0.387. The summed E-state index contributed by atoms with van der Waals surface area (Å²) < 4.78 is 0. The number of hydrogen-bond donors (Lipinski definition) is 0. The van der Waals surface area contributed by atoms with Gasteiger partial charge in [-0.25, -0.2) is 0 Å². The minimum Gasteiger partial charge on any atom is -0.336 e. The molecule has 37 heavy (non-hydrogen) atoms. The first kappa shape index (κ1) is 26.1. The van der Waals surface area contributed by atoms with Crippen molar-refractivity contribution in [3.8, 4) is 0 Å². The Bertz CT molecular complexity index is 1300. The summed E-state index contributed by atoms with van der Waals surface area (Å²) in [5.74, 6) is 0.0702. The van der Waals surface area contributed by atoms with Crippen LogP contribution in [0.3, 0.4) is 0 Å². The molecular weight excluding hydrogens is 488 g/mol. The van der Waals surface area contributed by atoms with Crippen molar-refractivity contribution in [1.82, 2.24) is 14.8 Å². The molecule has 0 bridgehead atoms. The first-order valence-electron chi connectivity index (χ1n) is 12.1. The monoisotopic (exact) mass is 516 g/mol. The van der Waals surface area contributed by atoms with Crippen molar-refractivity contribution in [1.29, 1.82) is 0 Å². The van der Waals surface area contributed by atoms with Gasteiger partial charge < -0.3 is 9.80 Å². The van der Waals surface area contributed by atoms with Gasteiger partial charge in [0.15, 0.2) is 0 Å². The second-order valence-electron chi connectivity index (χ2n) is 8.98. The van der Waals surface area contributed by atoms with Gasteiger partial charge in [-0.2, -0.15) is 0 Å². The number of rotatable bonds is 7. The number of nitro benzene ring substituents is 1. The number of nitrogens with zero attached hydrogens (tertiary/aromatic N) is 4. The zero-order chi connectivity index (χ0) is 26.4. The van der Waals surface area contributed by atoms with E-state index in [0.717, 1.165) is 4.90 Å². The van der Waals surface area contributed by atoms with Gasteiger partial charge in [-0.15, -0.1) is 0 Å². The Balaban J connectivity index is 1.38. The summed E-state index contributed by atoms with van der Waals surface area (Å²) in [5, 5.41) is 11.7. The largest absolute Gasteiger partial charge is 0.336 e. The third-order valence-corrected chi connectivity index (χ3v) is 7.21. The van der Waals surface area contributed by atoms with E-state index in [1.165, 1.54) is 29.5 Å². The van der Waals surface area contributed by atoms with Crippen molar-refractivity contribution < 1.29 is 14.5 Å². The van der Waals surface area contributed by atoms with Crippen LogP contribution in [0.4, 0.5) is 5.69 Å². The molecule has 2 aromatic carbocycles. The molecule has 0 aliphatic carbocycles. The number of piperazine rings is 1. The summed E-state index contributed by atoms with van der Waals surface area (Å²) in [5.41, 5.74) is 2.17. The Hall–Kier alpha value is -3.98. The fourth-order valence-corrected chi connectivity index (χ4v) is 4.87. The smallest absolute Gasteiger partial charge is 0.283 e. The molecule has 1 aliphatic heterocycles. The molecule has 1 saturated heterocycles.